The fourth-order valence-corrected chi connectivity index (χ4v) is 1.64. The summed E-state index contributed by atoms with van der Waals surface area (Å²) in [5, 5.41) is 14.0. The van der Waals surface area contributed by atoms with Gasteiger partial charge in [-0.05, 0) is 34.7 Å². The molecule has 8 heteroatoms. The van der Waals surface area contributed by atoms with Crippen molar-refractivity contribution >= 4 is 34.6 Å². The van der Waals surface area contributed by atoms with Gasteiger partial charge >= 0.3 is 0 Å². The number of hydrogen-bond donors (Lipinski definition) is 1. The van der Waals surface area contributed by atoms with Crippen LogP contribution in [0.2, 0.25) is 5.02 Å². The molecule has 0 aliphatic heterocycles. The number of carbonyl (C=O) groups is 1. The Bertz CT molecular complexity index is 712. The number of rotatable bonds is 1. The first-order valence-corrected chi connectivity index (χ1v) is 6.69. The first-order valence-electron chi connectivity index (χ1n) is 6.31. The summed E-state index contributed by atoms with van der Waals surface area (Å²) in [5.41, 5.74) is 1.64. The molecule has 0 fully saturated rings. The minimum atomic E-state index is 0.528. The maximum absolute atomic E-state index is 9.31. The molecule has 0 radical (unpaired) electrons. The first kappa shape index (κ1) is 16.8. The third kappa shape index (κ3) is 4.37. The smallest absolute Gasteiger partial charge is 0.223 e. The molecule has 0 atom stereocenters. The molecule has 2 heterocycles. The summed E-state index contributed by atoms with van der Waals surface area (Å²) in [5.74, 6) is 4.76. The van der Waals surface area contributed by atoms with E-state index < -0.39 is 0 Å². The lowest BCUT2D eigenvalue weighted by molar-refractivity contribution is -0.117. The number of pyridine rings is 1. The zero-order valence-electron chi connectivity index (χ0n) is 12.1. The van der Waals surface area contributed by atoms with Gasteiger partial charge in [-0.2, -0.15) is 4.52 Å². The maximum Gasteiger partial charge on any atom is 0.223 e. The number of amides is 1. The maximum atomic E-state index is 9.31. The number of carbonyl (C=O) groups excluding carboxylic acids is 1. The molecule has 0 unspecified atom stereocenters. The molecule has 0 saturated heterocycles. The van der Waals surface area contributed by atoms with E-state index in [0.717, 1.165) is 21.6 Å². The van der Waals surface area contributed by atoms with Gasteiger partial charge < -0.3 is 0 Å². The van der Waals surface area contributed by atoms with Crippen LogP contribution in [0, 0.1) is 0 Å². The quantitative estimate of drug-likeness (QED) is 0.321. The number of aromatic nitrogens is 4. The van der Waals surface area contributed by atoms with Crippen molar-refractivity contribution in [2.45, 2.75) is 13.8 Å². The SMILES string of the molecule is CC.CN(N)C=O.Clc1ccc2ccc3nnnn3c2c1. The van der Waals surface area contributed by atoms with E-state index in [1.807, 2.05) is 44.2 Å². The molecule has 0 saturated carbocycles. The zero-order chi connectivity index (χ0) is 15.8. The Morgan fingerprint density at radius 2 is 1.90 bits per heavy atom. The lowest BCUT2D eigenvalue weighted by Crippen LogP contribution is -2.23. The molecule has 3 rings (SSSR count). The molecule has 0 bridgehead atoms. The van der Waals surface area contributed by atoms with Gasteiger partial charge in [-0.15, -0.1) is 5.10 Å². The first-order chi connectivity index (χ1) is 10.1. The van der Waals surface area contributed by atoms with Crippen molar-refractivity contribution < 1.29 is 4.79 Å². The Kier molecular flexibility index (Phi) is 6.51. The number of nitrogens with zero attached hydrogens (tertiary/aromatic N) is 5. The van der Waals surface area contributed by atoms with E-state index in [-0.39, 0.29) is 0 Å². The monoisotopic (exact) mass is 308 g/mol. The van der Waals surface area contributed by atoms with Crippen LogP contribution < -0.4 is 5.84 Å². The highest BCUT2D eigenvalue weighted by molar-refractivity contribution is 6.31. The van der Waals surface area contributed by atoms with Crippen LogP contribution >= 0.6 is 11.6 Å². The van der Waals surface area contributed by atoms with Crippen molar-refractivity contribution in [1.29, 1.82) is 0 Å². The van der Waals surface area contributed by atoms with Crippen LogP contribution in [0.1, 0.15) is 13.8 Å². The predicted octanol–water partition coefficient (Wildman–Crippen LogP) is 1.91. The Balaban J connectivity index is 0.000000272. The Hall–Kier alpha value is -2.25. The summed E-state index contributed by atoms with van der Waals surface area (Å²) in [6.45, 7) is 4.00. The molecular weight excluding hydrogens is 292 g/mol. The average molecular weight is 309 g/mol. The van der Waals surface area contributed by atoms with Gasteiger partial charge in [-0.3, -0.25) is 9.80 Å². The molecule has 21 heavy (non-hydrogen) atoms. The molecule has 0 aliphatic carbocycles. The number of nitrogens with two attached hydrogens (primary N) is 1. The lowest BCUT2D eigenvalue weighted by Gasteiger charge is -1.99. The average Bonchev–Trinajstić information content (AvgIpc) is 2.99. The Morgan fingerprint density at radius 1 is 1.29 bits per heavy atom. The number of benzene rings is 1. The van der Waals surface area contributed by atoms with Gasteiger partial charge in [0.15, 0.2) is 5.65 Å². The standard InChI is InChI=1S/C9H5ClN4.C2H6N2O.C2H6/c10-7-3-1-6-2-4-9-11-12-13-14(9)8(6)5-7;1-4(3)2-5;1-2/h1-5H;2H,3H2,1H3;1-2H3. The van der Waals surface area contributed by atoms with Gasteiger partial charge in [-0.1, -0.05) is 31.5 Å². The van der Waals surface area contributed by atoms with Crippen molar-refractivity contribution in [3.05, 3.63) is 35.4 Å². The molecule has 112 valence electrons. The molecule has 1 aromatic carbocycles. The van der Waals surface area contributed by atoms with Gasteiger partial charge in [0.25, 0.3) is 0 Å². The number of tetrazole rings is 1. The van der Waals surface area contributed by atoms with E-state index in [1.54, 1.807) is 4.52 Å². The molecular formula is C13H17ClN6O. The summed E-state index contributed by atoms with van der Waals surface area (Å²) >= 11 is 5.90. The third-order valence-corrected chi connectivity index (χ3v) is 2.53. The van der Waals surface area contributed by atoms with Gasteiger partial charge in [0.1, 0.15) is 0 Å². The van der Waals surface area contributed by atoms with Crippen LogP contribution in [0.5, 0.6) is 0 Å². The van der Waals surface area contributed by atoms with Gasteiger partial charge in [-0.25, -0.2) is 5.84 Å². The van der Waals surface area contributed by atoms with E-state index in [4.69, 9.17) is 17.4 Å². The Labute approximate surface area is 127 Å². The molecule has 2 aromatic heterocycles. The van der Waals surface area contributed by atoms with E-state index in [1.165, 1.54) is 7.05 Å². The molecule has 0 spiro atoms. The molecule has 2 N–H and O–H groups in total. The number of hydrogen-bond acceptors (Lipinski definition) is 5. The second kappa shape index (κ2) is 8.13. The van der Waals surface area contributed by atoms with Crippen LogP contribution in [0.3, 0.4) is 0 Å². The molecule has 7 nitrogen and oxygen atoms in total. The minimum Gasteiger partial charge on any atom is -0.286 e. The van der Waals surface area contributed by atoms with Crippen molar-refractivity contribution in [2.24, 2.45) is 5.84 Å². The van der Waals surface area contributed by atoms with Crippen LogP contribution in [0.4, 0.5) is 0 Å². The fourth-order valence-electron chi connectivity index (χ4n) is 1.48. The minimum absolute atomic E-state index is 0.528. The summed E-state index contributed by atoms with van der Waals surface area (Å²) in [4.78, 5) is 9.31. The number of fused-ring (bicyclic) bond motifs is 3. The summed E-state index contributed by atoms with van der Waals surface area (Å²) in [6.07, 6.45) is 0.528. The van der Waals surface area contributed by atoms with Crippen LogP contribution in [0.15, 0.2) is 30.3 Å². The zero-order valence-corrected chi connectivity index (χ0v) is 12.8. The predicted molar refractivity (Wildman–Crippen MR) is 82.7 cm³/mol. The van der Waals surface area contributed by atoms with Crippen LogP contribution in [0.25, 0.3) is 16.6 Å². The topological polar surface area (TPSA) is 89.4 Å². The van der Waals surface area contributed by atoms with Gasteiger partial charge in [0.05, 0.1) is 5.52 Å². The van der Waals surface area contributed by atoms with Crippen molar-refractivity contribution in [1.82, 2.24) is 25.0 Å². The molecule has 3 aromatic rings. The third-order valence-electron chi connectivity index (χ3n) is 2.29. The highest BCUT2D eigenvalue weighted by atomic mass is 35.5. The summed E-state index contributed by atoms with van der Waals surface area (Å²) in [6, 6.07) is 9.48. The normalized spacial score (nSPS) is 9.38. The van der Waals surface area contributed by atoms with Crippen LogP contribution in [-0.2, 0) is 4.79 Å². The largest absolute Gasteiger partial charge is 0.286 e. The number of hydrazine groups is 1. The van der Waals surface area contributed by atoms with E-state index in [9.17, 15) is 4.79 Å². The van der Waals surface area contributed by atoms with Crippen molar-refractivity contribution in [2.75, 3.05) is 7.05 Å². The van der Waals surface area contributed by atoms with E-state index in [2.05, 4.69) is 15.5 Å². The van der Waals surface area contributed by atoms with Gasteiger partial charge in [0, 0.05) is 17.5 Å². The van der Waals surface area contributed by atoms with Crippen molar-refractivity contribution in [3.8, 4) is 0 Å². The second-order valence-electron chi connectivity index (χ2n) is 3.76. The number of halogens is 1. The second-order valence-corrected chi connectivity index (χ2v) is 4.19. The lowest BCUT2D eigenvalue weighted by atomic mass is 10.2. The van der Waals surface area contributed by atoms with Gasteiger partial charge in [0.2, 0.25) is 6.41 Å². The fraction of sp³-hybridized carbons (Fsp3) is 0.231. The molecule has 0 aliphatic rings. The van der Waals surface area contributed by atoms with E-state index in [0.29, 0.717) is 11.4 Å². The summed E-state index contributed by atoms with van der Waals surface area (Å²) < 4.78 is 1.67. The highest BCUT2D eigenvalue weighted by Crippen LogP contribution is 2.19. The summed E-state index contributed by atoms with van der Waals surface area (Å²) in [7, 11) is 1.47. The van der Waals surface area contributed by atoms with Crippen LogP contribution in [-0.4, -0.2) is 38.5 Å². The van der Waals surface area contributed by atoms with Crippen molar-refractivity contribution in [3.63, 3.8) is 0 Å². The highest BCUT2D eigenvalue weighted by Gasteiger charge is 2.02. The Morgan fingerprint density at radius 3 is 2.52 bits per heavy atom. The molecule has 1 amide bonds. The van der Waals surface area contributed by atoms with E-state index >= 15 is 0 Å².